The number of aryl methyl sites for hydroxylation is 1. The Hall–Kier alpha value is -1.28. The van der Waals surface area contributed by atoms with Gasteiger partial charge in [-0.3, -0.25) is 0 Å². The van der Waals surface area contributed by atoms with Crippen LogP contribution in [0.2, 0.25) is 0 Å². The third kappa shape index (κ3) is 4.10. The van der Waals surface area contributed by atoms with Gasteiger partial charge in [0.2, 0.25) is 0 Å². The van der Waals surface area contributed by atoms with E-state index in [0.717, 1.165) is 24.3 Å². The lowest BCUT2D eigenvalue weighted by Crippen LogP contribution is -2.28. The zero-order valence-electron chi connectivity index (χ0n) is 13.7. The predicted octanol–water partition coefficient (Wildman–Crippen LogP) is 5.44. The van der Waals surface area contributed by atoms with Gasteiger partial charge in [-0.25, -0.2) is 0 Å². The molecular weight excluding hydrogens is 258 g/mol. The van der Waals surface area contributed by atoms with E-state index in [1.54, 1.807) is 0 Å². The molecule has 116 valence electrons. The van der Waals surface area contributed by atoms with E-state index in [-0.39, 0.29) is 0 Å². The maximum atomic E-state index is 5.98. The smallest absolute Gasteiger partial charge is 0.134 e. The maximum Gasteiger partial charge on any atom is 0.134 e. The van der Waals surface area contributed by atoms with Gasteiger partial charge in [0.1, 0.15) is 11.3 Å². The lowest BCUT2D eigenvalue weighted by Gasteiger charge is -2.18. The van der Waals surface area contributed by atoms with E-state index in [0.29, 0.717) is 6.04 Å². The van der Waals surface area contributed by atoms with Crippen LogP contribution in [0, 0.1) is 0 Å². The normalized spacial score (nSPS) is 12.9. The number of fused-ring (bicyclic) bond motifs is 1. The van der Waals surface area contributed by atoms with E-state index in [4.69, 9.17) is 4.42 Å². The fourth-order valence-corrected chi connectivity index (χ4v) is 3.02. The van der Waals surface area contributed by atoms with Gasteiger partial charge in [0.15, 0.2) is 0 Å². The first-order chi connectivity index (χ1) is 10.3. The molecule has 0 fully saturated rings. The molecule has 0 amide bonds. The van der Waals surface area contributed by atoms with Crippen LogP contribution in [0.15, 0.2) is 28.7 Å². The van der Waals surface area contributed by atoms with Crippen LogP contribution < -0.4 is 5.32 Å². The van der Waals surface area contributed by atoms with Crippen molar-refractivity contribution in [1.29, 1.82) is 0 Å². The third-order valence-corrected chi connectivity index (χ3v) is 4.21. The average Bonchev–Trinajstić information content (AvgIpc) is 2.88. The largest absolute Gasteiger partial charge is 0.461 e. The van der Waals surface area contributed by atoms with Gasteiger partial charge >= 0.3 is 0 Å². The second-order valence-electron chi connectivity index (χ2n) is 5.86. The minimum absolute atomic E-state index is 0.633. The topological polar surface area (TPSA) is 25.2 Å². The van der Waals surface area contributed by atoms with Crippen LogP contribution in [0.25, 0.3) is 11.0 Å². The summed E-state index contributed by atoms with van der Waals surface area (Å²) >= 11 is 0. The number of unbranched alkanes of at least 4 members (excludes halogenated alkanes) is 1. The molecule has 0 saturated carbocycles. The summed E-state index contributed by atoms with van der Waals surface area (Å²) in [4.78, 5) is 0. The molecule has 2 aromatic rings. The van der Waals surface area contributed by atoms with Gasteiger partial charge in [-0.15, -0.1) is 0 Å². The Morgan fingerprint density at radius 1 is 1.05 bits per heavy atom. The minimum Gasteiger partial charge on any atom is -0.461 e. The SMILES string of the molecule is CCCCC(CCC)NCc1c(CC)oc2ccccc12. The standard InChI is InChI=1S/C19H29NO/c1-4-7-11-15(10-5-2)20-14-17-16-12-8-9-13-19(16)21-18(17)6-3/h8-9,12-13,15,20H,4-7,10-11,14H2,1-3H3. The molecule has 2 nitrogen and oxygen atoms in total. The van der Waals surface area contributed by atoms with Crippen LogP contribution in [0.1, 0.15) is 64.2 Å². The Labute approximate surface area is 128 Å². The third-order valence-electron chi connectivity index (χ3n) is 4.21. The molecule has 1 N–H and O–H groups in total. The molecule has 0 aliphatic carbocycles. The molecule has 0 saturated heterocycles. The fraction of sp³-hybridized carbons (Fsp3) is 0.579. The van der Waals surface area contributed by atoms with Crippen molar-refractivity contribution in [1.82, 2.24) is 5.32 Å². The highest BCUT2D eigenvalue weighted by molar-refractivity contribution is 5.82. The van der Waals surface area contributed by atoms with Crippen LogP contribution in [-0.2, 0) is 13.0 Å². The van der Waals surface area contributed by atoms with Crippen molar-refractivity contribution in [2.45, 2.75) is 71.9 Å². The molecule has 0 radical (unpaired) electrons. The Morgan fingerprint density at radius 2 is 1.86 bits per heavy atom. The van der Waals surface area contributed by atoms with Gasteiger partial charge in [-0.2, -0.15) is 0 Å². The van der Waals surface area contributed by atoms with E-state index in [9.17, 15) is 0 Å². The summed E-state index contributed by atoms with van der Waals surface area (Å²) in [6.45, 7) is 7.63. The van der Waals surface area contributed by atoms with E-state index in [2.05, 4.69) is 44.3 Å². The van der Waals surface area contributed by atoms with Crippen molar-refractivity contribution >= 4 is 11.0 Å². The van der Waals surface area contributed by atoms with E-state index >= 15 is 0 Å². The quantitative estimate of drug-likeness (QED) is 0.664. The number of para-hydroxylation sites is 1. The molecule has 1 aromatic heterocycles. The zero-order chi connectivity index (χ0) is 15.1. The summed E-state index contributed by atoms with van der Waals surface area (Å²) in [5.74, 6) is 1.13. The molecule has 0 spiro atoms. The summed E-state index contributed by atoms with van der Waals surface area (Å²) in [5.41, 5.74) is 2.37. The molecule has 2 rings (SSSR count). The van der Waals surface area contributed by atoms with E-state index in [1.165, 1.54) is 43.1 Å². The number of hydrogen-bond acceptors (Lipinski definition) is 2. The summed E-state index contributed by atoms with van der Waals surface area (Å²) in [5, 5.41) is 5.04. The highest BCUT2D eigenvalue weighted by Gasteiger charge is 2.14. The molecule has 1 atom stereocenters. The van der Waals surface area contributed by atoms with Crippen LogP contribution in [0.4, 0.5) is 0 Å². The molecule has 21 heavy (non-hydrogen) atoms. The van der Waals surface area contributed by atoms with Crippen LogP contribution in [-0.4, -0.2) is 6.04 Å². The monoisotopic (exact) mass is 287 g/mol. The Kier molecular flexibility index (Phi) is 6.31. The highest BCUT2D eigenvalue weighted by atomic mass is 16.3. The maximum absolute atomic E-state index is 5.98. The van der Waals surface area contributed by atoms with Crippen molar-refractivity contribution in [3.05, 3.63) is 35.6 Å². The summed E-state index contributed by atoms with van der Waals surface area (Å²) in [6, 6.07) is 9.02. The molecule has 2 heteroatoms. The highest BCUT2D eigenvalue weighted by Crippen LogP contribution is 2.26. The molecular formula is C19H29NO. The van der Waals surface area contributed by atoms with Crippen molar-refractivity contribution in [2.24, 2.45) is 0 Å². The van der Waals surface area contributed by atoms with Gasteiger partial charge in [0, 0.05) is 30.0 Å². The zero-order valence-corrected chi connectivity index (χ0v) is 13.7. The number of hydrogen-bond donors (Lipinski definition) is 1. The second kappa shape index (κ2) is 8.23. The summed E-state index contributed by atoms with van der Waals surface area (Å²) in [6.07, 6.45) is 7.33. The van der Waals surface area contributed by atoms with Crippen LogP contribution in [0.5, 0.6) is 0 Å². The molecule has 0 aliphatic rings. The van der Waals surface area contributed by atoms with Crippen LogP contribution >= 0.6 is 0 Å². The Morgan fingerprint density at radius 3 is 2.57 bits per heavy atom. The average molecular weight is 287 g/mol. The number of rotatable bonds is 9. The molecule has 0 aliphatic heterocycles. The van der Waals surface area contributed by atoms with E-state index in [1.807, 2.05) is 6.07 Å². The van der Waals surface area contributed by atoms with Gasteiger partial charge in [-0.05, 0) is 18.9 Å². The number of benzene rings is 1. The molecule has 1 aromatic carbocycles. The first-order valence-corrected chi connectivity index (χ1v) is 8.52. The van der Waals surface area contributed by atoms with Crippen molar-refractivity contribution in [3.8, 4) is 0 Å². The lowest BCUT2D eigenvalue weighted by atomic mass is 10.0. The van der Waals surface area contributed by atoms with Gasteiger partial charge < -0.3 is 9.73 Å². The first-order valence-electron chi connectivity index (χ1n) is 8.52. The van der Waals surface area contributed by atoms with Crippen molar-refractivity contribution < 1.29 is 4.42 Å². The van der Waals surface area contributed by atoms with E-state index < -0.39 is 0 Å². The number of nitrogens with one attached hydrogen (secondary N) is 1. The van der Waals surface area contributed by atoms with Crippen molar-refractivity contribution in [3.63, 3.8) is 0 Å². The second-order valence-corrected chi connectivity index (χ2v) is 5.86. The lowest BCUT2D eigenvalue weighted by molar-refractivity contribution is 0.431. The van der Waals surface area contributed by atoms with Crippen molar-refractivity contribution in [2.75, 3.05) is 0 Å². The molecule has 1 unspecified atom stereocenters. The Bertz CT molecular complexity index is 543. The fourth-order valence-electron chi connectivity index (χ4n) is 3.02. The first kappa shape index (κ1) is 16.1. The number of furan rings is 1. The summed E-state index contributed by atoms with van der Waals surface area (Å²) < 4.78 is 5.98. The van der Waals surface area contributed by atoms with Crippen LogP contribution in [0.3, 0.4) is 0 Å². The molecule has 0 bridgehead atoms. The predicted molar refractivity (Wildman–Crippen MR) is 90.7 cm³/mol. The van der Waals surface area contributed by atoms with Gasteiger partial charge in [0.05, 0.1) is 0 Å². The minimum atomic E-state index is 0.633. The Balaban J connectivity index is 2.10. The van der Waals surface area contributed by atoms with Gasteiger partial charge in [-0.1, -0.05) is 58.2 Å². The van der Waals surface area contributed by atoms with Gasteiger partial charge in [0.25, 0.3) is 0 Å². The molecule has 1 heterocycles. The summed E-state index contributed by atoms with van der Waals surface area (Å²) in [7, 11) is 0.